The predicted octanol–water partition coefficient (Wildman–Crippen LogP) is -1.48. The quantitative estimate of drug-likeness (QED) is 0.368. The fraction of sp³-hybridized carbons (Fsp3) is 0.118. The van der Waals surface area contributed by atoms with E-state index >= 15 is 0 Å². The summed E-state index contributed by atoms with van der Waals surface area (Å²) in [5, 5.41) is 10.8. The molecule has 2 aromatic rings. The van der Waals surface area contributed by atoms with Crippen LogP contribution >= 0.6 is 0 Å². The van der Waals surface area contributed by atoms with E-state index in [2.05, 4.69) is 0 Å². The largest absolute Gasteiger partial charge is 1.00 e. The molecule has 0 aliphatic carbocycles. The van der Waals surface area contributed by atoms with Gasteiger partial charge >= 0.3 is 29.6 Å². The number of carboxylic acids is 1. The fourth-order valence-corrected chi connectivity index (χ4v) is 1.95. The third-order valence-corrected chi connectivity index (χ3v) is 3.15. The summed E-state index contributed by atoms with van der Waals surface area (Å²) in [4.78, 5) is 34.9. The van der Waals surface area contributed by atoms with E-state index in [1.165, 1.54) is 31.4 Å². The van der Waals surface area contributed by atoms with Crippen LogP contribution < -0.4 is 39.4 Å². The van der Waals surface area contributed by atoms with E-state index in [1.54, 1.807) is 24.3 Å². The number of aromatic carboxylic acids is 1. The standard InChI is InChI=1S/C17H14O5.Na/c1-22-14-7-5-11(6-8-14)15(18)10-16(19)12-3-2-4-13(9-12)17(20)21;/h2-9H,10H2,1H3,(H,20,21);/q;+1/p-1. The van der Waals surface area contributed by atoms with Crippen LogP contribution in [-0.4, -0.2) is 24.6 Å². The molecule has 23 heavy (non-hydrogen) atoms. The monoisotopic (exact) mass is 320 g/mol. The molecule has 5 nitrogen and oxygen atoms in total. The number of carboxylic acid groups (broad SMARTS) is 1. The third kappa shape index (κ3) is 5.03. The molecule has 2 rings (SSSR count). The fourth-order valence-electron chi connectivity index (χ4n) is 1.95. The van der Waals surface area contributed by atoms with Gasteiger partial charge in [-0.3, -0.25) is 9.59 Å². The number of Topliss-reactive ketones (excluding diaryl/α,β-unsaturated/α-hetero) is 2. The summed E-state index contributed by atoms with van der Waals surface area (Å²) < 4.78 is 5.00. The Labute approximate surface area is 155 Å². The molecule has 2 aromatic carbocycles. The average Bonchev–Trinajstić information content (AvgIpc) is 2.54. The molecule has 0 aliphatic heterocycles. The zero-order valence-electron chi connectivity index (χ0n) is 12.9. The smallest absolute Gasteiger partial charge is 0.545 e. The van der Waals surface area contributed by atoms with E-state index in [4.69, 9.17) is 4.74 Å². The zero-order chi connectivity index (χ0) is 16.1. The first-order valence-corrected chi connectivity index (χ1v) is 6.53. The number of hydrogen-bond donors (Lipinski definition) is 0. The van der Waals surface area contributed by atoms with Gasteiger partial charge in [0, 0.05) is 11.1 Å². The van der Waals surface area contributed by atoms with Crippen molar-refractivity contribution >= 4 is 17.5 Å². The molecule has 0 amide bonds. The van der Waals surface area contributed by atoms with Crippen LogP contribution in [0.2, 0.25) is 0 Å². The van der Waals surface area contributed by atoms with E-state index in [0.717, 1.165) is 0 Å². The van der Waals surface area contributed by atoms with Crippen molar-refractivity contribution in [3.63, 3.8) is 0 Å². The summed E-state index contributed by atoms with van der Waals surface area (Å²) in [7, 11) is 1.52. The van der Waals surface area contributed by atoms with Crippen LogP contribution in [0, 0.1) is 0 Å². The van der Waals surface area contributed by atoms with Gasteiger partial charge in [0.05, 0.1) is 19.5 Å². The minimum absolute atomic E-state index is 0. The molecule has 112 valence electrons. The van der Waals surface area contributed by atoms with Gasteiger partial charge in [0.25, 0.3) is 0 Å². The van der Waals surface area contributed by atoms with Crippen LogP contribution in [0.1, 0.15) is 37.5 Å². The maximum Gasteiger partial charge on any atom is 1.00 e. The van der Waals surface area contributed by atoms with Crippen LogP contribution in [-0.2, 0) is 0 Å². The first-order chi connectivity index (χ1) is 10.5. The van der Waals surface area contributed by atoms with Crippen LogP contribution in [0.15, 0.2) is 48.5 Å². The van der Waals surface area contributed by atoms with Gasteiger partial charge in [-0.05, 0) is 35.9 Å². The Morgan fingerprint density at radius 3 is 2.04 bits per heavy atom. The molecular weight excluding hydrogens is 307 g/mol. The molecule has 0 heterocycles. The number of hydrogen-bond acceptors (Lipinski definition) is 5. The van der Waals surface area contributed by atoms with Crippen LogP contribution in [0.25, 0.3) is 0 Å². The minimum Gasteiger partial charge on any atom is -0.545 e. The molecule has 0 N–H and O–H groups in total. The Balaban J connectivity index is 0.00000264. The van der Waals surface area contributed by atoms with Crippen molar-refractivity contribution in [1.29, 1.82) is 0 Å². The van der Waals surface area contributed by atoms with Crippen LogP contribution in [0.4, 0.5) is 0 Å². The Kier molecular flexibility index (Phi) is 7.16. The van der Waals surface area contributed by atoms with Crippen LogP contribution in [0.5, 0.6) is 5.75 Å². The molecule has 0 fully saturated rings. The number of methoxy groups -OCH3 is 1. The summed E-state index contributed by atoms with van der Waals surface area (Å²) in [5.74, 6) is -1.53. The molecule has 0 aromatic heterocycles. The van der Waals surface area contributed by atoms with E-state index in [9.17, 15) is 19.5 Å². The van der Waals surface area contributed by atoms with E-state index in [0.29, 0.717) is 11.3 Å². The number of rotatable bonds is 6. The summed E-state index contributed by atoms with van der Waals surface area (Å²) in [6, 6.07) is 11.9. The van der Waals surface area contributed by atoms with Crippen molar-refractivity contribution in [2.24, 2.45) is 0 Å². The van der Waals surface area contributed by atoms with Crippen LogP contribution in [0.3, 0.4) is 0 Å². The molecule has 0 radical (unpaired) electrons. The first kappa shape index (κ1) is 19.1. The molecule has 0 saturated heterocycles. The minimum atomic E-state index is -1.36. The zero-order valence-corrected chi connectivity index (χ0v) is 14.9. The summed E-state index contributed by atoms with van der Waals surface area (Å²) in [6.07, 6.45) is -0.331. The van der Waals surface area contributed by atoms with E-state index in [-0.39, 0.29) is 52.9 Å². The third-order valence-electron chi connectivity index (χ3n) is 3.15. The van der Waals surface area contributed by atoms with Gasteiger partial charge < -0.3 is 14.6 Å². The van der Waals surface area contributed by atoms with E-state index < -0.39 is 11.8 Å². The van der Waals surface area contributed by atoms with Gasteiger partial charge in [-0.25, -0.2) is 0 Å². The first-order valence-electron chi connectivity index (χ1n) is 6.53. The van der Waals surface area contributed by atoms with Crippen molar-refractivity contribution in [1.82, 2.24) is 0 Å². The summed E-state index contributed by atoms with van der Waals surface area (Å²) in [5.41, 5.74) is 0.469. The molecule has 0 unspecified atom stereocenters. The summed E-state index contributed by atoms with van der Waals surface area (Å²) in [6.45, 7) is 0. The molecule has 0 aliphatic rings. The Bertz CT molecular complexity index is 722. The maximum atomic E-state index is 12.1. The molecule has 0 spiro atoms. The molecule has 0 bridgehead atoms. The number of ketones is 2. The van der Waals surface area contributed by atoms with Gasteiger partial charge in [-0.1, -0.05) is 18.2 Å². The second-order valence-corrected chi connectivity index (χ2v) is 4.62. The topological polar surface area (TPSA) is 83.5 Å². The summed E-state index contributed by atoms with van der Waals surface area (Å²) >= 11 is 0. The van der Waals surface area contributed by atoms with Crippen molar-refractivity contribution in [2.45, 2.75) is 6.42 Å². The van der Waals surface area contributed by atoms with Gasteiger partial charge in [-0.15, -0.1) is 0 Å². The maximum absolute atomic E-state index is 12.1. The molecule has 6 heteroatoms. The second-order valence-electron chi connectivity index (χ2n) is 4.62. The predicted molar refractivity (Wildman–Crippen MR) is 77.0 cm³/mol. The van der Waals surface area contributed by atoms with Crippen molar-refractivity contribution in [3.05, 3.63) is 65.2 Å². The van der Waals surface area contributed by atoms with E-state index in [1.807, 2.05) is 0 Å². The van der Waals surface area contributed by atoms with Crippen molar-refractivity contribution < 1.29 is 53.8 Å². The van der Waals surface area contributed by atoms with Crippen molar-refractivity contribution in [2.75, 3.05) is 7.11 Å². The Morgan fingerprint density at radius 2 is 1.48 bits per heavy atom. The Morgan fingerprint density at radius 1 is 0.913 bits per heavy atom. The van der Waals surface area contributed by atoms with Gasteiger partial charge in [0.2, 0.25) is 0 Å². The van der Waals surface area contributed by atoms with Gasteiger partial charge in [0.15, 0.2) is 11.6 Å². The second kappa shape index (κ2) is 8.62. The molecule has 0 saturated carbocycles. The van der Waals surface area contributed by atoms with Gasteiger partial charge in [-0.2, -0.15) is 0 Å². The SMILES string of the molecule is COc1ccc(C(=O)CC(=O)c2cccc(C(=O)[O-])c2)cc1.[Na+]. The van der Waals surface area contributed by atoms with Crippen molar-refractivity contribution in [3.8, 4) is 5.75 Å². The Hall–Kier alpha value is -1.95. The number of carbonyl (C=O) groups excluding carboxylic acids is 3. The average molecular weight is 320 g/mol. The number of carbonyl (C=O) groups is 3. The number of benzene rings is 2. The van der Waals surface area contributed by atoms with Gasteiger partial charge in [0.1, 0.15) is 5.75 Å². The molecule has 0 atom stereocenters. The molecular formula is C17H13NaO5. The normalized spacial score (nSPS) is 9.61. The number of ether oxygens (including phenoxy) is 1.